The highest BCUT2D eigenvalue weighted by Gasteiger charge is 2.31. The number of hydrazone groups is 1. The van der Waals surface area contributed by atoms with Crippen LogP contribution in [0.4, 0.5) is 18.9 Å². The lowest BCUT2D eigenvalue weighted by molar-refractivity contribution is -0.137. The number of hydrogen-bond acceptors (Lipinski definition) is 4. The molecule has 3 aromatic carbocycles. The molecule has 0 aliphatic carbocycles. The number of nitrogens with zero attached hydrogens (tertiary/aromatic N) is 1. The molecule has 0 unspecified atom stereocenters. The molecule has 0 heterocycles. The molecule has 6 nitrogen and oxygen atoms in total. The molecular formula is C25H21ClF3N3O3. The Labute approximate surface area is 204 Å². The van der Waals surface area contributed by atoms with E-state index in [2.05, 4.69) is 15.8 Å². The molecule has 2 amide bonds. The molecule has 0 radical (unpaired) electrons. The molecule has 0 atom stereocenters. The van der Waals surface area contributed by atoms with Crippen LogP contribution in [0.5, 0.6) is 5.75 Å². The highest BCUT2D eigenvalue weighted by molar-refractivity contribution is 6.41. The predicted octanol–water partition coefficient (Wildman–Crippen LogP) is 5.73. The van der Waals surface area contributed by atoms with Crippen LogP contribution in [0.1, 0.15) is 29.2 Å². The van der Waals surface area contributed by atoms with Gasteiger partial charge in [-0.25, -0.2) is 5.43 Å². The number of rotatable bonds is 6. The van der Waals surface area contributed by atoms with Gasteiger partial charge in [-0.1, -0.05) is 41.4 Å². The summed E-state index contributed by atoms with van der Waals surface area (Å²) in [7, 11) is 0. The molecule has 0 saturated heterocycles. The second kappa shape index (κ2) is 11.1. The normalized spacial score (nSPS) is 11.7. The first kappa shape index (κ1) is 25.8. The van der Waals surface area contributed by atoms with Crippen molar-refractivity contribution in [2.45, 2.75) is 26.6 Å². The number of nitrogens with one attached hydrogen (secondary N) is 2. The summed E-state index contributed by atoms with van der Waals surface area (Å²) in [6, 6.07) is 17.3. The van der Waals surface area contributed by atoms with E-state index in [0.717, 1.165) is 23.3 Å². The van der Waals surface area contributed by atoms with Crippen LogP contribution in [-0.2, 0) is 22.4 Å². The van der Waals surface area contributed by atoms with Gasteiger partial charge in [0.25, 0.3) is 0 Å². The van der Waals surface area contributed by atoms with Crippen LogP contribution in [0, 0.1) is 6.92 Å². The number of halogens is 4. The average molecular weight is 504 g/mol. The van der Waals surface area contributed by atoms with Crippen LogP contribution >= 0.6 is 11.6 Å². The minimum Gasteiger partial charge on any atom is -0.489 e. The molecule has 0 bridgehead atoms. The Morgan fingerprint density at radius 3 is 2.26 bits per heavy atom. The number of carbonyl (C=O) groups is 2. The molecule has 0 aliphatic heterocycles. The van der Waals surface area contributed by atoms with Gasteiger partial charge in [-0.3, -0.25) is 9.59 Å². The number of hydrogen-bond donors (Lipinski definition) is 2. The SMILES string of the molecule is CC(=NNC(=O)C(=O)Nc1cc(C(F)(F)F)ccc1Cl)c1ccc(OCc2ccc(C)cc2)cc1. The highest BCUT2D eigenvalue weighted by atomic mass is 35.5. The average Bonchev–Trinajstić information content (AvgIpc) is 2.83. The molecule has 2 N–H and O–H groups in total. The minimum absolute atomic E-state index is 0.150. The summed E-state index contributed by atoms with van der Waals surface area (Å²) in [4.78, 5) is 24.1. The summed E-state index contributed by atoms with van der Waals surface area (Å²) in [5.41, 5.74) is 3.97. The van der Waals surface area contributed by atoms with Crippen LogP contribution in [-0.4, -0.2) is 17.5 Å². The third-order valence-corrected chi connectivity index (χ3v) is 5.20. The summed E-state index contributed by atoms with van der Waals surface area (Å²) in [5.74, 6) is -1.75. The van der Waals surface area contributed by atoms with Gasteiger partial charge in [0, 0.05) is 0 Å². The number of ether oxygens (including phenoxy) is 1. The summed E-state index contributed by atoms with van der Waals surface area (Å²) in [5, 5.41) is 5.78. The highest BCUT2D eigenvalue weighted by Crippen LogP contribution is 2.33. The lowest BCUT2D eigenvalue weighted by Crippen LogP contribution is -2.33. The third kappa shape index (κ3) is 7.31. The van der Waals surface area contributed by atoms with Gasteiger partial charge >= 0.3 is 18.0 Å². The van der Waals surface area contributed by atoms with Crippen LogP contribution in [0.3, 0.4) is 0 Å². The number of alkyl halides is 3. The quantitative estimate of drug-likeness (QED) is 0.256. The predicted molar refractivity (Wildman–Crippen MR) is 127 cm³/mol. The van der Waals surface area contributed by atoms with Gasteiger partial charge in [0.05, 0.1) is 22.0 Å². The van der Waals surface area contributed by atoms with E-state index in [1.807, 2.05) is 31.2 Å². The summed E-state index contributed by atoms with van der Waals surface area (Å²) in [6.45, 7) is 4.03. The number of benzene rings is 3. The minimum atomic E-state index is -4.63. The zero-order chi connectivity index (χ0) is 25.6. The largest absolute Gasteiger partial charge is 0.489 e. The monoisotopic (exact) mass is 503 g/mol. The van der Waals surface area contributed by atoms with Gasteiger partial charge in [-0.2, -0.15) is 18.3 Å². The van der Waals surface area contributed by atoms with E-state index < -0.39 is 23.6 Å². The first-order chi connectivity index (χ1) is 16.5. The maximum Gasteiger partial charge on any atom is 0.416 e. The van der Waals surface area contributed by atoms with Gasteiger partial charge in [0.15, 0.2) is 0 Å². The summed E-state index contributed by atoms with van der Waals surface area (Å²) >= 11 is 5.83. The first-order valence-corrected chi connectivity index (χ1v) is 10.7. The fourth-order valence-electron chi connectivity index (χ4n) is 2.87. The Morgan fingerprint density at radius 2 is 1.63 bits per heavy atom. The molecule has 3 rings (SSSR count). The molecule has 10 heteroatoms. The number of carbonyl (C=O) groups excluding carboxylic acids is 2. The fraction of sp³-hybridized carbons (Fsp3) is 0.160. The van der Waals surface area contributed by atoms with Gasteiger partial charge in [0.2, 0.25) is 0 Å². The second-order valence-corrected chi connectivity index (χ2v) is 7.99. The van der Waals surface area contributed by atoms with Crippen molar-refractivity contribution < 1.29 is 27.5 Å². The van der Waals surface area contributed by atoms with E-state index in [1.54, 1.807) is 31.2 Å². The zero-order valence-electron chi connectivity index (χ0n) is 18.7. The molecule has 0 aliphatic rings. The maximum absolute atomic E-state index is 12.9. The second-order valence-electron chi connectivity index (χ2n) is 7.58. The van der Waals surface area contributed by atoms with Gasteiger partial charge < -0.3 is 10.1 Å². The standard InChI is InChI=1S/C25H21ClF3N3O3/c1-15-3-5-17(6-4-15)14-35-20-10-7-18(8-11-20)16(2)31-32-24(34)23(33)30-22-13-19(25(27,28)29)9-12-21(22)26/h3-13H,14H2,1-2H3,(H,30,33)(H,32,34). The van der Waals surface area contributed by atoms with Gasteiger partial charge in [0.1, 0.15) is 12.4 Å². The molecule has 35 heavy (non-hydrogen) atoms. The van der Waals surface area contributed by atoms with Gasteiger partial charge in [-0.15, -0.1) is 0 Å². The van der Waals surface area contributed by atoms with Crippen LogP contribution in [0.25, 0.3) is 0 Å². The van der Waals surface area contributed by atoms with Crippen molar-refractivity contribution >= 4 is 34.8 Å². The zero-order valence-corrected chi connectivity index (χ0v) is 19.5. The Balaban J connectivity index is 1.56. The third-order valence-electron chi connectivity index (χ3n) is 4.87. The lowest BCUT2D eigenvalue weighted by atomic mass is 10.1. The first-order valence-electron chi connectivity index (χ1n) is 10.3. The van der Waals surface area contributed by atoms with E-state index in [0.29, 0.717) is 29.7 Å². The van der Waals surface area contributed by atoms with Crippen LogP contribution < -0.4 is 15.5 Å². The fourth-order valence-corrected chi connectivity index (χ4v) is 3.03. The van der Waals surface area contributed by atoms with Crippen molar-refractivity contribution in [1.82, 2.24) is 5.43 Å². The Hall–Kier alpha value is -3.85. The Morgan fingerprint density at radius 1 is 0.971 bits per heavy atom. The van der Waals surface area contributed by atoms with Crippen LogP contribution in [0.2, 0.25) is 5.02 Å². The lowest BCUT2D eigenvalue weighted by Gasteiger charge is -2.11. The molecule has 0 aromatic heterocycles. The van der Waals surface area contributed by atoms with Crippen molar-refractivity contribution in [3.63, 3.8) is 0 Å². The molecule has 0 saturated carbocycles. The molecule has 0 spiro atoms. The van der Waals surface area contributed by atoms with E-state index in [4.69, 9.17) is 16.3 Å². The van der Waals surface area contributed by atoms with Crippen molar-refractivity contribution in [3.05, 3.63) is 94.0 Å². The molecular weight excluding hydrogens is 483 g/mol. The van der Waals surface area contributed by atoms with Crippen molar-refractivity contribution in [2.75, 3.05) is 5.32 Å². The Kier molecular flexibility index (Phi) is 8.14. The number of amides is 2. The van der Waals surface area contributed by atoms with E-state index in [-0.39, 0.29) is 10.7 Å². The topological polar surface area (TPSA) is 79.8 Å². The summed E-state index contributed by atoms with van der Waals surface area (Å²) < 4.78 is 44.3. The van der Waals surface area contributed by atoms with Crippen molar-refractivity contribution in [3.8, 4) is 5.75 Å². The Bertz CT molecular complexity index is 1240. The molecule has 182 valence electrons. The van der Waals surface area contributed by atoms with E-state index in [1.165, 1.54) is 0 Å². The van der Waals surface area contributed by atoms with Crippen LogP contribution in [0.15, 0.2) is 71.8 Å². The smallest absolute Gasteiger partial charge is 0.416 e. The van der Waals surface area contributed by atoms with Crippen molar-refractivity contribution in [2.24, 2.45) is 5.10 Å². The van der Waals surface area contributed by atoms with Gasteiger partial charge in [-0.05, 0) is 67.4 Å². The number of anilines is 1. The molecule has 0 fully saturated rings. The van der Waals surface area contributed by atoms with E-state index >= 15 is 0 Å². The van der Waals surface area contributed by atoms with Crippen molar-refractivity contribution in [1.29, 1.82) is 0 Å². The maximum atomic E-state index is 12.9. The van der Waals surface area contributed by atoms with E-state index in [9.17, 15) is 22.8 Å². The number of aryl methyl sites for hydroxylation is 1. The molecule has 3 aromatic rings. The summed E-state index contributed by atoms with van der Waals surface area (Å²) in [6.07, 6.45) is -4.63.